The summed E-state index contributed by atoms with van der Waals surface area (Å²) >= 11 is 0. The molecule has 1 atom stereocenters. The summed E-state index contributed by atoms with van der Waals surface area (Å²) in [5.74, 6) is -1.78. The number of aliphatic carboxylic acids is 1. The second-order valence-corrected chi connectivity index (χ2v) is 2.93. The lowest BCUT2D eigenvalue weighted by Crippen LogP contribution is -2.22. The Morgan fingerprint density at radius 2 is 1.73 bits per heavy atom. The first kappa shape index (κ1) is 11.0. The number of hydrogen-bond acceptors (Lipinski definition) is 3. The Morgan fingerprint density at radius 1 is 1.20 bits per heavy atom. The van der Waals surface area contributed by atoms with Crippen molar-refractivity contribution in [2.24, 2.45) is 0 Å². The maximum atomic E-state index is 10.5. The molecule has 0 aliphatic rings. The van der Waals surface area contributed by atoms with Crippen LogP contribution in [0, 0.1) is 0 Å². The Bertz CT molecular complexity index is 368. The van der Waals surface area contributed by atoms with Gasteiger partial charge in [-0.05, 0) is 31.2 Å². The van der Waals surface area contributed by atoms with Crippen molar-refractivity contribution in [1.82, 2.24) is 0 Å². The molecule has 0 fully saturated rings. The molecule has 1 rings (SSSR count). The highest BCUT2D eigenvalue weighted by molar-refractivity contribution is 5.87. The van der Waals surface area contributed by atoms with E-state index in [1.165, 1.54) is 31.2 Å². The lowest BCUT2D eigenvalue weighted by Gasteiger charge is -2.09. The first-order valence-corrected chi connectivity index (χ1v) is 4.23. The van der Waals surface area contributed by atoms with Gasteiger partial charge in [0.25, 0.3) is 0 Å². The number of ether oxygens (including phenoxy) is 1. The minimum Gasteiger partial charge on any atom is -0.479 e. The molecule has 0 saturated heterocycles. The highest BCUT2D eigenvalue weighted by Gasteiger charge is 2.12. The van der Waals surface area contributed by atoms with Crippen molar-refractivity contribution in [1.29, 1.82) is 0 Å². The number of rotatable bonds is 4. The molecule has 0 saturated carbocycles. The lowest BCUT2D eigenvalue weighted by molar-refractivity contribution is -0.144. The zero-order valence-electron chi connectivity index (χ0n) is 8.01. The number of carboxylic acid groups (broad SMARTS) is 2. The molecule has 0 bridgehead atoms. The van der Waals surface area contributed by atoms with Crippen molar-refractivity contribution in [3.63, 3.8) is 0 Å². The molecule has 0 aromatic heterocycles. The maximum absolute atomic E-state index is 10.5. The molecule has 0 unspecified atom stereocenters. The van der Waals surface area contributed by atoms with Crippen molar-refractivity contribution in [3.8, 4) is 5.75 Å². The SMILES string of the molecule is C[C@@H](Oc1ccc(C(=O)O)cc1)C(=O)O. The van der Waals surface area contributed by atoms with E-state index in [0.29, 0.717) is 5.75 Å². The van der Waals surface area contributed by atoms with E-state index in [4.69, 9.17) is 14.9 Å². The molecule has 1 aromatic carbocycles. The van der Waals surface area contributed by atoms with E-state index >= 15 is 0 Å². The summed E-state index contributed by atoms with van der Waals surface area (Å²) in [5, 5.41) is 17.2. The summed E-state index contributed by atoms with van der Waals surface area (Å²) in [5.41, 5.74) is 0.130. The molecule has 80 valence electrons. The summed E-state index contributed by atoms with van der Waals surface area (Å²) in [6.07, 6.45) is -0.958. The minimum absolute atomic E-state index is 0.130. The number of benzene rings is 1. The predicted octanol–water partition coefficient (Wildman–Crippen LogP) is 1.24. The van der Waals surface area contributed by atoms with Crippen LogP contribution in [-0.2, 0) is 4.79 Å². The second kappa shape index (κ2) is 4.45. The van der Waals surface area contributed by atoms with Crippen LogP contribution in [0.2, 0.25) is 0 Å². The van der Waals surface area contributed by atoms with Gasteiger partial charge in [-0.3, -0.25) is 0 Å². The number of hydrogen-bond donors (Lipinski definition) is 2. The number of carboxylic acids is 2. The number of carbonyl (C=O) groups is 2. The zero-order valence-corrected chi connectivity index (χ0v) is 8.01. The van der Waals surface area contributed by atoms with Gasteiger partial charge in [-0.2, -0.15) is 0 Å². The molecule has 0 heterocycles. The monoisotopic (exact) mass is 210 g/mol. The van der Waals surface area contributed by atoms with Gasteiger partial charge in [-0.25, -0.2) is 9.59 Å². The summed E-state index contributed by atoms with van der Waals surface area (Å²) in [6.45, 7) is 1.40. The molecular weight excluding hydrogens is 200 g/mol. The highest BCUT2D eigenvalue weighted by Crippen LogP contribution is 2.13. The van der Waals surface area contributed by atoms with Crippen LogP contribution >= 0.6 is 0 Å². The fourth-order valence-electron chi connectivity index (χ4n) is 0.931. The Morgan fingerprint density at radius 3 is 2.13 bits per heavy atom. The topological polar surface area (TPSA) is 83.8 Å². The van der Waals surface area contributed by atoms with Gasteiger partial charge >= 0.3 is 11.9 Å². The van der Waals surface area contributed by atoms with Gasteiger partial charge in [0.05, 0.1) is 5.56 Å². The van der Waals surface area contributed by atoms with Crippen molar-refractivity contribution < 1.29 is 24.5 Å². The Balaban J connectivity index is 2.72. The third-order valence-corrected chi connectivity index (χ3v) is 1.76. The average Bonchev–Trinajstić information content (AvgIpc) is 2.18. The van der Waals surface area contributed by atoms with E-state index in [2.05, 4.69) is 0 Å². The molecule has 2 N–H and O–H groups in total. The first-order chi connectivity index (χ1) is 7.00. The third kappa shape index (κ3) is 2.98. The fourth-order valence-corrected chi connectivity index (χ4v) is 0.931. The van der Waals surface area contributed by atoms with Crippen molar-refractivity contribution >= 4 is 11.9 Å². The molecule has 5 heteroatoms. The minimum atomic E-state index is -1.07. The van der Waals surface area contributed by atoms with Crippen LogP contribution in [0.1, 0.15) is 17.3 Å². The summed E-state index contributed by atoms with van der Waals surface area (Å²) in [6, 6.07) is 5.55. The standard InChI is InChI=1S/C10H10O5/c1-6(9(11)12)15-8-4-2-7(3-5-8)10(13)14/h2-6H,1H3,(H,11,12)(H,13,14)/t6-/m1/s1. The van der Waals surface area contributed by atoms with Crippen LogP contribution < -0.4 is 4.74 Å². The van der Waals surface area contributed by atoms with Crippen molar-refractivity contribution in [2.45, 2.75) is 13.0 Å². The Kier molecular flexibility index (Phi) is 3.28. The number of aromatic carboxylic acids is 1. The first-order valence-electron chi connectivity index (χ1n) is 4.23. The maximum Gasteiger partial charge on any atom is 0.344 e. The zero-order chi connectivity index (χ0) is 11.4. The molecule has 1 aromatic rings. The van der Waals surface area contributed by atoms with E-state index in [0.717, 1.165) is 0 Å². The largest absolute Gasteiger partial charge is 0.479 e. The van der Waals surface area contributed by atoms with E-state index < -0.39 is 18.0 Å². The molecule has 0 spiro atoms. The molecular formula is C10H10O5. The highest BCUT2D eigenvalue weighted by atomic mass is 16.5. The van der Waals surface area contributed by atoms with Gasteiger partial charge in [0.1, 0.15) is 5.75 Å². The fraction of sp³-hybridized carbons (Fsp3) is 0.200. The molecule has 0 aliphatic heterocycles. The molecule has 15 heavy (non-hydrogen) atoms. The van der Waals surface area contributed by atoms with Gasteiger partial charge in [-0.15, -0.1) is 0 Å². The molecule has 5 nitrogen and oxygen atoms in total. The summed E-state index contributed by atoms with van der Waals surface area (Å²) in [4.78, 5) is 21.0. The van der Waals surface area contributed by atoms with E-state index in [-0.39, 0.29) is 5.56 Å². The van der Waals surface area contributed by atoms with Crippen LogP contribution in [0.5, 0.6) is 5.75 Å². The normalized spacial score (nSPS) is 11.8. The van der Waals surface area contributed by atoms with Crippen molar-refractivity contribution in [3.05, 3.63) is 29.8 Å². The van der Waals surface area contributed by atoms with Crippen LogP contribution in [0.4, 0.5) is 0 Å². The van der Waals surface area contributed by atoms with E-state index in [1.807, 2.05) is 0 Å². The predicted molar refractivity (Wildman–Crippen MR) is 51.1 cm³/mol. The molecule has 0 aliphatic carbocycles. The van der Waals surface area contributed by atoms with Gasteiger partial charge in [0.2, 0.25) is 0 Å². The van der Waals surface area contributed by atoms with Crippen molar-refractivity contribution in [2.75, 3.05) is 0 Å². The van der Waals surface area contributed by atoms with Gasteiger partial charge in [-0.1, -0.05) is 0 Å². The Labute approximate surface area is 85.9 Å². The quantitative estimate of drug-likeness (QED) is 0.780. The smallest absolute Gasteiger partial charge is 0.344 e. The Hall–Kier alpha value is -2.04. The molecule has 0 amide bonds. The van der Waals surface area contributed by atoms with Crippen LogP contribution in [0.15, 0.2) is 24.3 Å². The van der Waals surface area contributed by atoms with Crippen LogP contribution in [0.3, 0.4) is 0 Å². The van der Waals surface area contributed by atoms with Gasteiger partial charge < -0.3 is 14.9 Å². The van der Waals surface area contributed by atoms with Gasteiger partial charge in [0, 0.05) is 0 Å². The van der Waals surface area contributed by atoms with Gasteiger partial charge in [0.15, 0.2) is 6.10 Å². The van der Waals surface area contributed by atoms with Crippen LogP contribution in [0.25, 0.3) is 0 Å². The van der Waals surface area contributed by atoms with E-state index in [1.54, 1.807) is 0 Å². The average molecular weight is 210 g/mol. The lowest BCUT2D eigenvalue weighted by atomic mass is 10.2. The molecule has 0 radical (unpaired) electrons. The third-order valence-electron chi connectivity index (χ3n) is 1.76. The summed E-state index contributed by atoms with van der Waals surface area (Å²) in [7, 11) is 0. The van der Waals surface area contributed by atoms with E-state index in [9.17, 15) is 9.59 Å². The van der Waals surface area contributed by atoms with Crippen LogP contribution in [-0.4, -0.2) is 28.3 Å². The summed E-state index contributed by atoms with van der Waals surface area (Å²) < 4.78 is 5.02. The second-order valence-electron chi connectivity index (χ2n) is 2.93.